The molecule has 1 aliphatic rings. The van der Waals surface area contributed by atoms with Gasteiger partial charge in [0.05, 0.1) is 0 Å². The van der Waals surface area contributed by atoms with Gasteiger partial charge in [0.1, 0.15) is 5.82 Å². The Balaban J connectivity index is 2.02. The zero-order valence-corrected chi connectivity index (χ0v) is 12.0. The van der Waals surface area contributed by atoms with Gasteiger partial charge in [-0.1, -0.05) is 19.3 Å². The summed E-state index contributed by atoms with van der Waals surface area (Å²) in [7, 11) is 0. The van der Waals surface area contributed by atoms with E-state index >= 15 is 0 Å². The molecule has 110 valence electrons. The zero-order valence-electron chi connectivity index (χ0n) is 12.0. The number of carbonyl (C=O) groups excluding carboxylic acids is 1. The van der Waals surface area contributed by atoms with E-state index in [4.69, 9.17) is 5.73 Å². The minimum Gasteiger partial charge on any atom is -0.348 e. The maximum Gasteiger partial charge on any atom is 0.251 e. The maximum absolute atomic E-state index is 13.2. The summed E-state index contributed by atoms with van der Waals surface area (Å²) in [6, 6.07) is 4.46. The number of amides is 1. The summed E-state index contributed by atoms with van der Waals surface area (Å²) >= 11 is 0. The van der Waals surface area contributed by atoms with Crippen LogP contribution in [0.2, 0.25) is 0 Å². The fraction of sp³-hybridized carbons (Fsp3) is 0.562. The molecule has 0 aromatic heterocycles. The Labute approximate surface area is 119 Å². The Hall–Kier alpha value is -1.42. The van der Waals surface area contributed by atoms with Crippen molar-refractivity contribution >= 4 is 5.91 Å². The summed E-state index contributed by atoms with van der Waals surface area (Å²) in [5, 5.41) is 3.01. The molecule has 0 saturated heterocycles. The van der Waals surface area contributed by atoms with Crippen LogP contribution < -0.4 is 11.1 Å². The van der Waals surface area contributed by atoms with E-state index in [0.717, 1.165) is 12.8 Å². The first-order valence-electron chi connectivity index (χ1n) is 7.39. The van der Waals surface area contributed by atoms with Gasteiger partial charge in [0.2, 0.25) is 0 Å². The molecule has 0 heterocycles. The van der Waals surface area contributed by atoms with Crippen molar-refractivity contribution in [2.45, 2.75) is 45.1 Å². The molecule has 1 aromatic rings. The molecule has 0 radical (unpaired) electrons. The average Bonchev–Trinajstić information content (AvgIpc) is 2.48. The number of nitrogens with two attached hydrogens (primary N) is 1. The Morgan fingerprint density at radius 2 is 2.10 bits per heavy atom. The van der Waals surface area contributed by atoms with E-state index in [0.29, 0.717) is 23.6 Å². The zero-order chi connectivity index (χ0) is 14.5. The molecule has 0 bridgehead atoms. The third-order valence-corrected chi connectivity index (χ3v) is 4.21. The SMILES string of the molecule is Cc1cc(C(=O)NC(CN)C2CCCCC2)ccc1F. The Bertz CT molecular complexity index is 470. The van der Waals surface area contributed by atoms with Crippen LogP contribution in [0.25, 0.3) is 0 Å². The topological polar surface area (TPSA) is 55.1 Å². The fourth-order valence-corrected chi connectivity index (χ4v) is 2.94. The number of hydrogen-bond donors (Lipinski definition) is 2. The largest absolute Gasteiger partial charge is 0.348 e. The van der Waals surface area contributed by atoms with Gasteiger partial charge >= 0.3 is 0 Å². The monoisotopic (exact) mass is 278 g/mol. The number of carbonyl (C=O) groups is 1. The molecular formula is C16H23FN2O. The quantitative estimate of drug-likeness (QED) is 0.889. The highest BCUT2D eigenvalue weighted by Gasteiger charge is 2.24. The first kappa shape index (κ1) is 15.0. The van der Waals surface area contributed by atoms with Gasteiger partial charge in [-0.25, -0.2) is 4.39 Å². The predicted octanol–water partition coefficient (Wildman–Crippen LogP) is 2.77. The number of nitrogens with one attached hydrogen (secondary N) is 1. The van der Waals surface area contributed by atoms with E-state index in [1.807, 2.05) is 0 Å². The Morgan fingerprint density at radius 3 is 2.70 bits per heavy atom. The first-order chi connectivity index (χ1) is 9.61. The van der Waals surface area contributed by atoms with Crippen molar-refractivity contribution in [3.63, 3.8) is 0 Å². The number of hydrogen-bond acceptors (Lipinski definition) is 2. The molecule has 4 heteroatoms. The van der Waals surface area contributed by atoms with E-state index in [2.05, 4.69) is 5.32 Å². The highest BCUT2D eigenvalue weighted by atomic mass is 19.1. The summed E-state index contributed by atoms with van der Waals surface area (Å²) < 4.78 is 13.2. The van der Waals surface area contributed by atoms with Gasteiger partial charge in [0.25, 0.3) is 5.91 Å². The lowest BCUT2D eigenvalue weighted by atomic mass is 9.84. The Kier molecular flexibility index (Phi) is 5.12. The highest BCUT2D eigenvalue weighted by molar-refractivity contribution is 5.94. The first-order valence-corrected chi connectivity index (χ1v) is 7.39. The second-order valence-corrected chi connectivity index (χ2v) is 5.68. The van der Waals surface area contributed by atoms with E-state index in [-0.39, 0.29) is 17.8 Å². The summed E-state index contributed by atoms with van der Waals surface area (Å²) in [5.74, 6) is 0.0255. The lowest BCUT2D eigenvalue weighted by Crippen LogP contribution is -2.45. The minimum absolute atomic E-state index is 0.0214. The molecule has 3 nitrogen and oxygen atoms in total. The molecule has 1 atom stereocenters. The fourth-order valence-electron chi connectivity index (χ4n) is 2.94. The average molecular weight is 278 g/mol. The molecule has 20 heavy (non-hydrogen) atoms. The van der Waals surface area contributed by atoms with Crippen LogP contribution in [0.15, 0.2) is 18.2 Å². The molecule has 1 amide bonds. The van der Waals surface area contributed by atoms with Gasteiger partial charge in [-0.3, -0.25) is 4.79 Å². The molecule has 1 aromatic carbocycles. The lowest BCUT2D eigenvalue weighted by Gasteiger charge is -2.30. The molecule has 0 aliphatic heterocycles. The normalized spacial score (nSPS) is 17.8. The highest BCUT2D eigenvalue weighted by Crippen LogP contribution is 2.26. The van der Waals surface area contributed by atoms with E-state index in [1.54, 1.807) is 13.0 Å². The number of aryl methyl sites for hydroxylation is 1. The third-order valence-electron chi connectivity index (χ3n) is 4.21. The van der Waals surface area contributed by atoms with Gasteiger partial charge in [-0.15, -0.1) is 0 Å². The van der Waals surface area contributed by atoms with Crippen molar-refractivity contribution in [3.8, 4) is 0 Å². The number of benzene rings is 1. The minimum atomic E-state index is -0.288. The molecule has 0 spiro atoms. The van der Waals surface area contributed by atoms with Crippen LogP contribution in [-0.2, 0) is 0 Å². The van der Waals surface area contributed by atoms with Crippen LogP contribution in [0.5, 0.6) is 0 Å². The third kappa shape index (κ3) is 3.57. The molecule has 1 unspecified atom stereocenters. The summed E-state index contributed by atoms with van der Waals surface area (Å²) in [4.78, 5) is 12.2. The van der Waals surface area contributed by atoms with E-state index in [1.165, 1.54) is 31.4 Å². The van der Waals surface area contributed by atoms with Gasteiger partial charge in [-0.05, 0) is 49.4 Å². The number of rotatable bonds is 4. The summed E-state index contributed by atoms with van der Waals surface area (Å²) in [6.07, 6.45) is 5.97. The molecule has 1 fully saturated rings. The van der Waals surface area contributed by atoms with Crippen LogP contribution in [-0.4, -0.2) is 18.5 Å². The summed E-state index contributed by atoms with van der Waals surface area (Å²) in [6.45, 7) is 2.12. The van der Waals surface area contributed by atoms with Crippen molar-refractivity contribution in [3.05, 3.63) is 35.1 Å². The van der Waals surface area contributed by atoms with Gasteiger partial charge < -0.3 is 11.1 Å². The molecule has 2 rings (SSSR count). The van der Waals surface area contributed by atoms with Crippen molar-refractivity contribution in [2.75, 3.05) is 6.54 Å². The van der Waals surface area contributed by atoms with Crippen LogP contribution in [0.1, 0.15) is 48.0 Å². The van der Waals surface area contributed by atoms with Crippen LogP contribution in [0.4, 0.5) is 4.39 Å². The van der Waals surface area contributed by atoms with Gasteiger partial charge in [0, 0.05) is 18.2 Å². The Morgan fingerprint density at radius 1 is 1.40 bits per heavy atom. The smallest absolute Gasteiger partial charge is 0.251 e. The molecule has 1 saturated carbocycles. The number of halogens is 1. The van der Waals surface area contributed by atoms with E-state index in [9.17, 15) is 9.18 Å². The maximum atomic E-state index is 13.2. The van der Waals surface area contributed by atoms with Crippen LogP contribution in [0, 0.1) is 18.7 Å². The second kappa shape index (κ2) is 6.84. The standard InChI is InChI=1S/C16H23FN2O/c1-11-9-13(7-8-14(11)17)16(20)19-15(10-18)12-5-3-2-4-6-12/h7-9,12,15H,2-6,10,18H2,1H3,(H,19,20). The second-order valence-electron chi connectivity index (χ2n) is 5.68. The van der Waals surface area contributed by atoms with Crippen molar-refractivity contribution < 1.29 is 9.18 Å². The predicted molar refractivity (Wildman–Crippen MR) is 78.0 cm³/mol. The molecule has 1 aliphatic carbocycles. The van der Waals surface area contributed by atoms with Crippen LogP contribution in [0.3, 0.4) is 0 Å². The molecule has 3 N–H and O–H groups in total. The van der Waals surface area contributed by atoms with Gasteiger partial charge in [-0.2, -0.15) is 0 Å². The van der Waals surface area contributed by atoms with Crippen LogP contribution >= 0.6 is 0 Å². The molecular weight excluding hydrogens is 255 g/mol. The lowest BCUT2D eigenvalue weighted by molar-refractivity contribution is 0.0915. The van der Waals surface area contributed by atoms with Gasteiger partial charge in [0.15, 0.2) is 0 Å². The van der Waals surface area contributed by atoms with E-state index < -0.39 is 0 Å². The summed E-state index contributed by atoms with van der Waals surface area (Å²) in [5.41, 5.74) is 6.79. The van der Waals surface area contributed by atoms with Crippen molar-refractivity contribution in [1.29, 1.82) is 0 Å². The van der Waals surface area contributed by atoms with Crippen molar-refractivity contribution in [2.24, 2.45) is 11.7 Å². The van der Waals surface area contributed by atoms with Crippen molar-refractivity contribution in [1.82, 2.24) is 5.32 Å².